The predicted octanol–water partition coefficient (Wildman–Crippen LogP) is 1.32. The summed E-state index contributed by atoms with van der Waals surface area (Å²) >= 11 is 0. The average molecular weight is 593 g/mol. The second kappa shape index (κ2) is 10.3. The summed E-state index contributed by atoms with van der Waals surface area (Å²) in [5.74, 6) is -1.91. The summed E-state index contributed by atoms with van der Waals surface area (Å²) < 4.78 is 22.9. The second-order valence-corrected chi connectivity index (χ2v) is 14.0. The molecule has 11 nitrogen and oxygen atoms in total. The highest BCUT2D eigenvalue weighted by Crippen LogP contribution is 2.70. The number of esters is 2. The summed E-state index contributed by atoms with van der Waals surface area (Å²) in [5.41, 5.74) is -3.72. The third-order valence-electron chi connectivity index (χ3n) is 12.1. The number of fused-ring (bicyclic) bond motifs is 5. The minimum absolute atomic E-state index is 0.0971. The Morgan fingerprint density at radius 2 is 1.83 bits per heavy atom. The van der Waals surface area contributed by atoms with Crippen LogP contribution in [0.1, 0.15) is 78.6 Å². The molecule has 0 spiro atoms. The predicted molar refractivity (Wildman–Crippen MR) is 144 cm³/mol. The van der Waals surface area contributed by atoms with E-state index < -0.39 is 76.7 Å². The molecule has 6 aliphatic rings. The number of aldehydes is 1. The molecule has 0 bridgehead atoms. The fourth-order valence-corrected chi connectivity index (χ4v) is 10.1. The SMILES string of the molecule is CC(=O)OC1C[C@]2(O)[C@@H]3CCC4(O)CC(O[C@H]5C[C@@H](O)[C@H](O)[C@H](C)O5)CC[C@]4(C=O)[C@H]3CC[C@]2(C)[C@H]1C1=CC(=O)OC1. The van der Waals surface area contributed by atoms with E-state index in [1.807, 2.05) is 6.92 Å². The molecule has 0 aromatic rings. The lowest BCUT2D eigenvalue weighted by Crippen LogP contribution is -2.69. The zero-order valence-electron chi connectivity index (χ0n) is 24.6. The quantitative estimate of drug-likeness (QED) is 0.206. The van der Waals surface area contributed by atoms with Crippen molar-refractivity contribution in [3.8, 4) is 0 Å². The lowest BCUT2D eigenvalue weighted by atomic mass is 9.41. The summed E-state index contributed by atoms with van der Waals surface area (Å²) in [7, 11) is 0. The topological polar surface area (TPSA) is 169 Å². The molecule has 0 aromatic carbocycles. The first-order valence-electron chi connectivity index (χ1n) is 15.4. The van der Waals surface area contributed by atoms with Gasteiger partial charge in [0.1, 0.15) is 25.1 Å². The highest BCUT2D eigenvalue weighted by atomic mass is 16.7. The number of ether oxygens (including phenoxy) is 4. The van der Waals surface area contributed by atoms with Gasteiger partial charge in [-0.05, 0) is 62.9 Å². The van der Waals surface area contributed by atoms with Gasteiger partial charge in [-0.1, -0.05) is 6.92 Å². The normalized spacial score (nSPS) is 51.9. The number of rotatable bonds is 5. The van der Waals surface area contributed by atoms with Crippen LogP contribution in [0.5, 0.6) is 0 Å². The van der Waals surface area contributed by atoms with Crippen LogP contribution in [0.3, 0.4) is 0 Å². The fraction of sp³-hybridized carbons (Fsp3) is 0.839. The summed E-state index contributed by atoms with van der Waals surface area (Å²) in [4.78, 5) is 37.2. The molecular weight excluding hydrogens is 548 g/mol. The van der Waals surface area contributed by atoms with Crippen molar-refractivity contribution in [2.75, 3.05) is 6.61 Å². The molecule has 2 aliphatic heterocycles. The van der Waals surface area contributed by atoms with E-state index in [0.717, 1.165) is 11.9 Å². The Bertz CT molecular complexity index is 1140. The average Bonchev–Trinajstić information content (AvgIpc) is 3.43. The minimum Gasteiger partial charge on any atom is -0.462 e. The van der Waals surface area contributed by atoms with Gasteiger partial charge in [0.2, 0.25) is 0 Å². The summed E-state index contributed by atoms with van der Waals surface area (Å²) in [6.45, 7) is 5.10. The first-order chi connectivity index (χ1) is 19.8. The molecule has 42 heavy (non-hydrogen) atoms. The van der Waals surface area contributed by atoms with Gasteiger partial charge in [0.05, 0.1) is 34.9 Å². The van der Waals surface area contributed by atoms with Gasteiger partial charge in [-0.25, -0.2) is 4.79 Å². The maximum atomic E-state index is 13.1. The van der Waals surface area contributed by atoms with E-state index in [2.05, 4.69) is 0 Å². The van der Waals surface area contributed by atoms with Crippen LogP contribution in [0.4, 0.5) is 0 Å². The zero-order chi connectivity index (χ0) is 30.2. The van der Waals surface area contributed by atoms with Crippen molar-refractivity contribution in [2.45, 2.75) is 127 Å². The zero-order valence-corrected chi connectivity index (χ0v) is 24.6. The maximum Gasteiger partial charge on any atom is 0.331 e. The Kier molecular flexibility index (Phi) is 7.42. The molecule has 2 heterocycles. The largest absolute Gasteiger partial charge is 0.462 e. The molecule has 6 rings (SSSR count). The Hall–Kier alpha value is -1.89. The molecular formula is C31H44O11. The third-order valence-corrected chi connectivity index (χ3v) is 12.1. The molecule has 5 fully saturated rings. The Labute approximate surface area is 245 Å². The van der Waals surface area contributed by atoms with Gasteiger partial charge in [-0.3, -0.25) is 4.79 Å². The van der Waals surface area contributed by atoms with Gasteiger partial charge < -0.3 is 44.2 Å². The fourth-order valence-electron chi connectivity index (χ4n) is 10.1. The van der Waals surface area contributed by atoms with E-state index in [1.54, 1.807) is 6.92 Å². The number of cyclic esters (lactones) is 1. The smallest absolute Gasteiger partial charge is 0.331 e. The van der Waals surface area contributed by atoms with Gasteiger partial charge in [0.15, 0.2) is 6.29 Å². The first-order valence-corrected chi connectivity index (χ1v) is 15.4. The molecule has 4 saturated carbocycles. The van der Waals surface area contributed by atoms with Crippen LogP contribution in [-0.4, -0.2) is 93.3 Å². The van der Waals surface area contributed by atoms with Crippen molar-refractivity contribution in [3.63, 3.8) is 0 Å². The molecule has 11 heteroatoms. The molecule has 0 radical (unpaired) electrons. The highest BCUT2D eigenvalue weighted by molar-refractivity contribution is 5.85. The number of hydrogen-bond donors (Lipinski definition) is 4. The van der Waals surface area contributed by atoms with E-state index in [0.29, 0.717) is 38.5 Å². The van der Waals surface area contributed by atoms with Crippen LogP contribution in [0.2, 0.25) is 0 Å². The van der Waals surface area contributed by atoms with Crippen molar-refractivity contribution in [3.05, 3.63) is 11.6 Å². The standard InChI is InChI=1S/C31H44O11/c1-16-27(36)22(34)11-25(40-16)42-19-4-8-29(15-32)20-5-7-28(3)26(18-10-24(35)39-14-18)23(41-17(2)33)13-31(28,38)21(20)6-9-30(29,37)12-19/h10,15-16,19-23,25-27,34,36-38H,4-9,11-14H2,1-3H3/t16-,19?,20-,21+,22+,23?,25-,26-,27+,28+,29-,30?,31-/m0/s1. The molecule has 0 aromatic heterocycles. The van der Waals surface area contributed by atoms with Gasteiger partial charge >= 0.3 is 11.9 Å². The molecule has 4 aliphatic carbocycles. The second-order valence-electron chi connectivity index (χ2n) is 14.0. The van der Waals surface area contributed by atoms with Crippen molar-refractivity contribution >= 4 is 18.2 Å². The van der Waals surface area contributed by atoms with E-state index in [1.165, 1.54) is 13.0 Å². The van der Waals surface area contributed by atoms with E-state index in [-0.39, 0.29) is 37.7 Å². The van der Waals surface area contributed by atoms with Crippen molar-refractivity contribution in [1.82, 2.24) is 0 Å². The summed E-state index contributed by atoms with van der Waals surface area (Å²) in [5, 5.41) is 45.0. The Balaban J connectivity index is 1.26. The lowest BCUT2D eigenvalue weighted by Gasteiger charge is -2.65. The van der Waals surface area contributed by atoms with Crippen LogP contribution in [-0.2, 0) is 33.3 Å². The Morgan fingerprint density at radius 3 is 2.48 bits per heavy atom. The number of aliphatic hydroxyl groups excluding tert-OH is 2. The van der Waals surface area contributed by atoms with Crippen molar-refractivity contribution in [2.24, 2.45) is 28.6 Å². The van der Waals surface area contributed by atoms with Crippen molar-refractivity contribution < 1.29 is 53.8 Å². The molecule has 0 amide bonds. The van der Waals surface area contributed by atoms with Gasteiger partial charge in [-0.2, -0.15) is 0 Å². The number of aliphatic hydroxyl groups is 4. The van der Waals surface area contributed by atoms with Crippen LogP contribution in [0.15, 0.2) is 11.6 Å². The van der Waals surface area contributed by atoms with E-state index in [9.17, 15) is 34.8 Å². The van der Waals surface area contributed by atoms with Crippen LogP contribution < -0.4 is 0 Å². The summed E-state index contributed by atoms with van der Waals surface area (Å²) in [6.07, 6.45) is 1.34. The van der Waals surface area contributed by atoms with E-state index >= 15 is 0 Å². The van der Waals surface area contributed by atoms with E-state index in [4.69, 9.17) is 18.9 Å². The lowest BCUT2D eigenvalue weighted by molar-refractivity contribution is -0.286. The van der Waals surface area contributed by atoms with Gasteiger partial charge in [-0.15, -0.1) is 0 Å². The number of hydrogen-bond acceptors (Lipinski definition) is 11. The van der Waals surface area contributed by atoms with Crippen LogP contribution in [0, 0.1) is 28.6 Å². The van der Waals surface area contributed by atoms with Crippen molar-refractivity contribution in [1.29, 1.82) is 0 Å². The molecule has 13 atom stereocenters. The molecule has 4 N–H and O–H groups in total. The molecule has 1 saturated heterocycles. The molecule has 234 valence electrons. The monoisotopic (exact) mass is 592 g/mol. The van der Waals surface area contributed by atoms with Crippen LogP contribution >= 0.6 is 0 Å². The maximum absolute atomic E-state index is 13.1. The highest BCUT2D eigenvalue weighted by Gasteiger charge is 2.73. The molecule has 3 unspecified atom stereocenters. The number of carbonyl (C=O) groups excluding carboxylic acids is 3. The first kappa shape index (κ1) is 30.1. The number of carbonyl (C=O) groups is 3. The summed E-state index contributed by atoms with van der Waals surface area (Å²) in [6, 6.07) is 0. The minimum atomic E-state index is -1.34. The van der Waals surface area contributed by atoms with Gasteiger partial charge in [0, 0.05) is 43.6 Å². The third kappa shape index (κ3) is 4.33. The van der Waals surface area contributed by atoms with Gasteiger partial charge in [0.25, 0.3) is 0 Å². The van der Waals surface area contributed by atoms with Crippen LogP contribution in [0.25, 0.3) is 0 Å². The Morgan fingerprint density at radius 1 is 1.10 bits per heavy atom.